The number of carboxylic acid groups (broad SMARTS) is 1. The van der Waals surface area contributed by atoms with Gasteiger partial charge in [-0.2, -0.15) is 18.3 Å². The van der Waals surface area contributed by atoms with E-state index in [9.17, 15) is 22.8 Å². The normalized spacial score (nSPS) is 11.5. The van der Waals surface area contributed by atoms with Crippen LogP contribution in [0.3, 0.4) is 0 Å². The van der Waals surface area contributed by atoms with E-state index in [0.29, 0.717) is 10.9 Å². The fourth-order valence-corrected chi connectivity index (χ4v) is 2.53. The predicted molar refractivity (Wildman–Crippen MR) is 72.2 cm³/mol. The van der Waals surface area contributed by atoms with Gasteiger partial charge in [-0.25, -0.2) is 4.79 Å². The Morgan fingerprint density at radius 2 is 2.00 bits per heavy atom. The van der Waals surface area contributed by atoms with E-state index < -0.39 is 23.7 Å². The molecule has 0 aliphatic heterocycles. The van der Waals surface area contributed by atoms with Crippen molar-refractivity contribution in [3.63, 3.8) is 0 Å². The quantitative estimate of drug-likeness (QED) is 0.904. The van der Waals surface area contributed by atoms with Crippen LogP contribution in [-0.4, -0.2) is 26.8 Å². The van der Waals surface area contributed by atoms with Crippen LogP contribution in [0.5, 0.6) is 0 Å². The van der Waals surface area contributed by atoms with Gasteiger partial charge in [0.1, 0.15) is 10.6 Å². The number of alkyl halides is 3. The van der Waals surface area contributed by atoms with E-state index in [2.05, 4.69) is 10.4 Å². The zero-order chi connectivity index (χ0) is 16.7. The molecule has 0 fully saturated rings. The molecule has 118 valence electrons. The van der Waals surface area contributed by atoms with E-state index in [1.165, 1.54) is 13.1 Å². The molecule has 1 amide bonds. The summed E-state index contributed by atoms with van der Waals surface area (Å²) in [6.45, 7) is 1.59. The Balaban J connectivity index is 2.26. The lowest BCUT2D eigenvalue weighted by Gasteiger charge is -2.03. The summed E-state index contributed by atoms with van der Waals surface area (Å²) < 4.78 is 38.5. The number of rotatable bonds is 3. The van der Waals surface area contributed by atoms with Crippen LogP contribution >= 0.6 is 11.3 Å². The van der Waals surface area contributed by atoms with Gasteiger partial charge in [0.05, 0.1) is 5.69 Å². The molecule has 22 heavy (non-hydrogen) atoms. The SMILES string of the molecule is Cc1sc(C(=O)O)cc1NC(=O)c1cc(C(F)(F)F)nn1C. The molecule has 0 aliphatic rings. The van der Waals surface area contributed by atoms with E-state index in [-0.39, 0.29) is 16.3 Å². The minimum atomic E-state index is -4.65. The molecule has 2 rings (SSSR count). The second-order valence-corrected chi connectivity index (χ2v) is 5.63. The number of carboxylic acids is 1. The van der Waals surface area contributed by atoms with Crippen molar-refractivity contribution in [2.75, 3.05) is 5.32 Å². The predicted octanol–water partition coefficient (Wildman–Crippen LogP) is 2.76. The Labute approximate surface area is 126 Å². The molecular weight excluding hydrogens is 323 g/mol. The largest absolute Gasteiger partial charge is 0.477 e. The standard InChI is InChI=1S/C12H10F3N3O3S/c1-5-6(3-8(22-5)11(20)21)16-10(19)7-4-9(12(13,14)15)17-18(7)2/h3-4H,1-2H3,(H,16,19)(H,20,21). The number of nitrogens with one attached hydrogen (secondary N) is 1. The van der Waals surface area contributed by atoms with E-state index in [1.54, 1.807) is 6.92 Å². The van der Waals surface area contributed by atoms with Crippen LogP contribution in [0.1, 0.15) is 30.7 Å². The van der Waals surface area contributed by atoms with Crippen LogP contribution in [0.25, 0.3) is 0 Å². The molecule has 0 spiro atoms. The van der Waals surface area contributed by atoms with Gasteiger partial charge in [0, 0.05) is 18.0 Å². The van der Waals surface area contributed by atoms with Gasteiger partial charge in [0.15, 0.2) is 5.69 Å². The number of aromatic carboxylic acids is 1. The summed E-state index contributed by atoms with van der Waals surface area (Å²) in [5, 5.41) is 14.5. The van der Waals surface area contributed by atoms with Gasteiger partial charge in [0.2, 0.25) is 0 Å². The summed E-state index contributed by atoms with van der Waals surface area (Å²) in [5.74, 6) is -1.95. The van der Waals surface area contributed by atoms with Gasteiger partial charge in [0.25, 0.3) is 5.91 Å². The first-order valence-corrected chi connectivity index (χ1v) is 6.67. The number of anilines is 1. The molecule has 10 heteroatoms. The van der Waals surface area contributed by atoms with Crippen LogP contribution in [0, 0.1) is 6.92 Å². The molecule has 0 aliphatic carbocycles. The number of carbonyl (C=O) groups is 2. The lowest BCUT2D eigenvalue weighted by molar-refractivity contribution is -0.141. The third-order valence-corrected chi connectivity index (χ3v) is 3.82. The molecule has 0 saturated heterocycles. The minimum Gasteiger partial charge on any atom is -0.477 e. The molecule has 2 aromatic rings. The molecule has 2 aromatic heterocycles. The van der Waals surface area contributed by atoms with Crippen LogP contribution in [0.15, 0.2) is 12.1 Å². The third kappa shape index (κ3) is 3.11. The number of hydrogen-bond acceptors (Lipinski definition) is 4. The van der Waals surface area contributed by atoms with Gasteiger partial charge < -0.3 is 10.4 Å². The lowest BCUT2D eigenvalue weighted by atomic mass is 10.3. The van der Waals surface area contributed by atoms with Crippen molar-refractivity contribution in [3.8, 4) is 0 Å². The minimum absolute atomic E-state index is 0.0220. The average Bonchev–Trinajstić information content (AvgIpc) is 2.93. The molecule has 0 saturated carbocycles. The first-order chi connectivity index (χ1) is 10.1. The maximum absolute atomic E-state index is 12.6. The van der Waals surface area contributed by atoms with Crippen molar-refractivity contribution in [3.05, 3.63) is 33.3 Å². The Bertz CT molecular complexity index is 749. The number of halogens is 3. The monoisotopic (exact) mass is 333 g/mol. The van der Waals surface area contributed by atoms with E-state index in [4.69, 9.17) is 5.11 Å². The van der Waals surface area contributed by atoms with Crippen molar-refractivity contribution in [1.29, 1.82) is 0 Å². The van der Waals surface area contributed by atoms with Crippen LogP contribution in [0.4, 0.5) is 18.9 Å². The summed E-state index contributed by atoms with van der Waals surface area (Å²) in [5.41, 5.74) is -1.22. The van der Waals surface area contributed by atoms with Gasteiger partial charge >= 0.3 is 12.1 Å². The lowest BCUT2D eigenvalue weighted by Crippen LogP contribution is -2.16. The van der Waals surface area contributed by atoms with Crippen molar-refractivity contribution in [2.24, 2.45) is 7.05 Å². The van der Waals surface area contributed by atoms with E-state index in [1.807, 2.05) is 0 Å². The summed E-state index contributed by atoms with van der Waals surface area (Å²) >= 11 is 0.957. The number of nitrogens with zero attached hydrogens (tertiary/aromatic N) is 2. The number of thiophene rings is 1. The number of amides is 1. The maximum Gasteiger partial charge on any atom is 0.435 e. The van der Waals surface area contributed by atoms with Crippen molar-refractivity contribution in [2.45, 2.75) is 13.1 Å². The molecule has 0 radical (unpaired) electrons. The Morgan fingerprint density at radius 1 is 1.36 bits per heavy atom. The number of hydrogen-bond donors (Lipinski definition) is 2. The summed E-state index contributed by atoms with van der Waals surface area (Å²) in [4.78, 5) is 23.4. The Morgan fingerprint density at radius 3 is 2.45 bits per heavy atom. The first kappa shape index (κ1) is 16.0. The molecule has 2 heterocycles. The number of carbonyl (C=O) groups excluding carboxylic acids is 1. The highest BCUT2D eigenvalue weighted by Gasteiger charge is 2.35. The summed E-state index contributed by atoms with van der Waals surface area (Å²) in [6.07, 6.45) is -4.65. The molecule has 2 N–H and O–H groups in total. The highest BCUT2D eigenvalue weighted by Crippen LogP contribution is 2.29. The Kier molecular flexibility index (Phi) is 3.96. The molecule has 0 atom stereocenters. The average molecular weight is 333 g/mol. The second kappa shape index (κ2) is 5.44. The third-order valence-electron chi connectivity index (χ3n) is 2.78. The first-order valence-electron chi connectivity index (χ1n) is 5.86. The van der Waals surface area contributed by atoms with E-state index in [0.717, 1.165) is 16.0 Å². The van der Waals surface area contributed by atoms with Gasteiger partial charge in [-0.1, -0.05) is 0 Å². The molecule has 0 bridgehead atoms. The van der Waals surface area contributed by atoms with Crippen molar-refractivity contribution in [1.82, 2.24) is 9.78 Å². The van der Waals surface area contributed by atoms with Crippen molar-refractivity contribution < 1.29 is 27.9 Å². The number of aryl methyl sites for hydroxylation is 2. The van der Waals surface area contributed by atoms with Gasteiger partial charge in [-0.15, -0.1) is 11.3 Å². The van der Waals surface area contributed by atoms with Gasteiger partial charge in [-0.05, 0) is 13.0 Å². The zero-order valence-electron chi connectivity index (χ0n) is 11.4. The summed E-state index contributed by atoms with van der Waals surface area (Å²) in [7, 11) is 1.22. The van der Waals surface area contributed by atoms with Crippen LogP contribution in [-0.2, 0) is 13.2 Å². The fraction of sp³-hybridized carbons (Fsp3) is 0.250. The highest BCUT2D eigenvalue weighted by molar-refractivity contribution is 7.14. The molecule has 0 unspecified atom stereocenters. The van der Waals surface area contributed by atoms with Crippen LogP contribution < -0.4 is 5.32 Å². The molecule has 0 aromatic carbocycles. The van der Waals surface area contributed by atoms with Crippen molar-refractivity contribution >= 4 is 28.9 Å². The highest BCUT2D eigenvalue weighted by atomic mass is 32.1. The number of aromatic nitrogens is 2. The summed E-state index contributed by atoms with van der Waals surface area (Å²) in [6, 6.07) is 1.89. The van der Waals surface area contributed by atoms with E-state index >= 15 is 0 Å². The molecular formula is C12H10F3N3O3S. The van der Waals surface area contributed by atoms with Gasteiger partial charge in [-0.3, -0.25) is 9.48 Å². The Hall–Kier alpha value is -2.36. The topological polar surface area (TPSA) is 84.2 Å². The zero-order valence-corrected chi connectivity index (χ0v) is 12.2. The van der Waals surface area contributed by atoms with Crippen LogP contribution in [0.2, 0.25) is 0 Å². The maximum atomic E-state index is 12.6. The fourth-order valence-electron chi connectivity index (χ4n) is 1.72. The second-order valence-electron chi connectivity index (χ2n) is 4.38. The molecule has 6 nitrogen and oxygen atoms in total. The smallest absolute Gasteiger partial charge is 0.435 e.